The number of carbonyl (C=O) groups is 1. The summed E-state index contributed by atoms with van der Waals surface area (Å²) in [7, 11) is 0. The van der Waals surface area contributed by atoms with E-state index in [0.717, 1.165) is 17.7 Å². The highest BCUT2D eigenvalue weighted by Gasteiger charge is 2.10. The van der Waals surface area contributed by atoms with Crippen molar-refractivity contribution in [2.24, 2.45) is 5.92 Å². The Kier molecular flexibility index (Phi) is 5.68. The molecule has 0 saturated heterocycles. The first-order chi connectivity index (χ1) is 11.0. The van der Waals surface area contributed by atoms with E-state index in [2.05, 4.69) is 46.6 Å². The maximum Gasteiger partial charge on any atom is 0.271 e. The molecule has 0 aliphatic rings. The predicted molar refractivity (Wildman–Crippen MR) is 93.0 cm³/mol. The van der Waals surface area contributed by atoms with Gasteiger partial charge in [-0.3, -0.25) is 4.79 Å². The van der Waals surface area contributed by atoms with E-state index >= 15 is 0 Å². The minimum absolute atomic E-state index is 0.192. The van der Waals surface area contributed by atoms with Crippen LogP contribution in [0, 0.1) is 12.8 Å². The van der Waals surface area contributed by atoms with Gasteiger partial charge >= 0.3 is 0 Å². The summed E-state index contributed by atoms with van der Waals surface area (Å²) in [5.41, 5.74) is 3.77. The van der Waals surface area contributed by atoms with Crippen LogP contribution >= 0.6 is 0 Å². The van der Waals surface area contributed by atoms with Crippen LogP contribution in [-0.2, 0) is 6.42 Å². The molecule has 0 bridgehead atoms. The molecule has 1 amide bonds. The smallest absolute Gasteiger partial charge is 0.271 e. The third kappa shape index (κ3) is 4.52. The van der Waals surface area contributed by atoms with Crippen LogP contribution in [0.4, 0.5) is 11.5 Å². The molecule has 0 spiro atoms. The summed E-state index contributed by atoms with van der Waals surface area (Å²) in [5.74, 6) is 0.846. The normalized spacial score (nSPS) is 10.7. The maximum absolute atomic E-state index is 11.9. The van der Waals surface area contributed by atoms with Gasteiger partial charge in [-0.1, -0.05) is 39.0 Å². The maximum atomic E-state index is 11.9. The molecule has 1 aromatic heterocycles. The molecular weight excluding hydrogens is 288 g/mol. The van der Waals surface area contributed by atoms with E-state index in [9.17, 15) is 4.79 Å². The van der Waals surface area contributed by atoms with Crippen LogP contribution in [-0.4, -0.2) is 22.4 Å². The third-order valence-electron chi connectivity index (χ3n) is 3.55. The topological polar surface area (TPSA) is 66.9 Å². The first kappa shape index (κ1) is 16.9. The Morgan fingerprint density at radius 3 is 2.61 bits per heavy atom. The molecule has 0 unspecified atom stereocenters. The highest BCUT2D eigenvalue weighted by Crippen LogP contribution is 2.24. The number of amides is 1. The number of rotatable bonds is 6. The van der Waals surface area contributed by atoms with Crippen molar-refractivity contribution in [3.8, 4) is 0 Å². The van der Waals surface area contributed by atoms with E-state index in [1.807, 2.05) is 19.9 Å². The molecule has 0 aliphatic heterocycles. The Morgan fingerprint density at radius 1 is 1.22 bits per heavy atom. The van der Waals surface area contributed by atoms with Crippen LogP contribution in [0.25, 0.3) is 0 Å². The third-order valence-corrected chi connectivity index (χ3v) is 3.55. The van der Waals surface area contributed by atoms with Crippen molar-refractivity contribution in [1.29, 1.82) is 0 Å². The van der Waals surface area contributed by atoms with Gasteiger partial charge in [0.1, 0.15) is 11.5 Å². The SMILES string of the molecule is CCc1cccc(C)c1Nc1cnc(C(=O)NCC(C)C)cn1. The van der Waals surface area contributed by atoms with E-state index in [0.29, 0.717) is 24.0 Å². The first-order valence-electron chi connectivity index (χ1n) is 7.97. The molecule has 2 rings (SSSR count). The zero-order valence-corrected chi connectivity index (χ0v) is 14.2. The highest BCUT2D eigenvalue weighted by molar-refractivity contribution is 5.92. The second-order valence-corrected chi connectivity index (χ2v) is 5.98. The number of anilines is 2. The average molecular weight is 312 g/mol. The van der Waals surface area contributed by atoms with Gasteiger partial charge in [0, 0.05) is 12.2 Å². The van der Waals surface area contributed by atoms with Crippen molar-refractivity contribution in [3.05, 3.63) is 47.4 Å². The number of nitrogens with one attached hydrogen (secondary N) is 2. The molecule has 0 saturated carbocycles. The minimum atomic E-state index is -0.192. The Labute approximate surface area is 137 Å². The summed E-state index contributed by atoms with van der Waals surface area (Å²) < 4.78 is 0. The van der Waals surface area contributed by atoms with Gasteiger partial charge in [0.05, 0.1) is 12.4 Å². The van der Waals surface area contributed by atoms with Gasteiger partial charge in [-0.15, -0.1) is 0 Å². The highest BCUT2D eigenvalue weighted by atomic mass is 16.1. The molecule has 0 atom stereocenters. The fourth-order valence-electron chi connectivity index (χ4n) is 2.23. The summed E-state index contributed by atoms with van der Waals surface area (Å²) in [5, 5.41) is 6.14. The van der Waals surface area contributed by atoms with Gasteiger partial charge < -0.3 is 10.6 Å². The number of aryl methyl sites for hydroxylation is 2. The molecule has 5 nitrogen and oxygen atoms in total. The zero-order valence-electron chi connectivity index (χ0n) is 14.2. The van der Waals surface area contributed by atoms with Gasteiger partial charge in [0.25, 0.3) is 5.91 Å². The predicted octanol–water partition coefficient (Wildman–Crippen LogP) is 3.48. The van der Waals surface area contributed by atoms with Crippen LogP contribution in [0.2, 0.25) is 0 Å². The first-order valence-corrected chi connectivity index (χ1v) is 7.97. The van der Waals surface area contributed by atoms with E-state index in [1.165, 1.54) is 11.8 Å². The van der Waals surface area contributed by atoms with Gasteiger partial charge in [-0.05, 0) is 30.4 Å². The molecule has 1 aromatic carbocycles. The van der Waals surface area contributed by atoms with Crippen LogP contribution in [0.5, 0.6) is 0 Å². The van der Waals surface area contributed by atoms with E-state index < -0.39 is 0 Å². The number of benzene rings is 1. The lowest BCUT2D eigenvalue weighted by Gasteiger charge is -2.13. The van der Waals surface area contributed by atoms with Gasteiger partial charge in [-0.25, -0.2) is 9.97 Å². The summed E-state index contributed by atoms with van der Waals surface area (Å²) in [4.78, 5) is 20.4. The Bertz CT molecular complexity index is 665. The largest absolute Gasteiger partial charge is 0.350 e. The summed E-state index contributed by atoms with van der Waals surface area (Å²) in [6, 6.07) is 6.20. The molecule has 122 valence electrons. The average Bonchev–Trinajstić information content (AvgIpc) is 2.55. The summed E-state index contributed by atoms with van der Waals surface area (Å²) in [6.07, 6.45) is 4.03. The second-order valence-electron chi connectivity index (χ2n) is 5.98. The van der Waals surface area contributed by atoms with E-state index in [-0.39, 0.29) is 5.91 Å². The molecule has 5 heteroatoms. The molecule has 0 aliphatic carbocycles. The number of hydrogen-bond donors (Lipinski definition) is 2. The van der Waals surface area contributed by atoms with Crippen molar-refractivity contribution in [2.75, 3.05) is 11.9 Å². The van der Waals surface area contributed by atoms with Crippen molar-refractivity contribution in [3.63, 3.8) is 0 Å². The summed E-state index contributed by atoms with van der Waals surface area (Å²) in [6.45, 7) is 8.90. The number of carbonyl (C=O) groups excluding carboxylic acids is 1. The zero-order chi connectivity index (χ0) is 16.8. The van der Waals surface area contributed by atoms with Crippen LogP contribution < -0.4 is 10.6 Å². The lowest BCUT2D eigenvalue weighted by molar-refractivity contribution is 0.0943. The molecular formula is C18H24N4O. The van der Waals surface area contributed by atoms with Crippen LogP contribution in [0.3, 0.4) is 0 Å². The van der Waals surface area contributed by atoms with E-state index in [4.69, 9.17) is 0 Å². The van der Waals surface area contributed by atoms with Gasteiger partial charge in [0.2, 0.25) is 0 Å². The van der Waals surface area contributed by atoms with Crippen molar-refractivity contribution < 1.29 is 4.79 Å². The number of nitrogens with zero attached hydrogens (tertiary/aromatic N) is 2. The Hall–Kier alpha value is -2.43. The van der Waals surface area contributed by atoms with Crippen LogP contribution in [0.15, 0.2) is 30.6 Å². The van der Waals surface area contributed by atoms with Crippen LogP contribution in [0.1, 0.15) is 42.4 Å². The second kappa shape index (κ2) is 7.72. The lowest BCUT2D eigenvalue weighted by atomic mass is 10.1. The fraction of sp³-hybridized carbons (Fsp3) is 0.389. The van der Waals surface area contributed by atoms with Crippen molar-refractivity contribution in [1.82, 2.24) is 15.3 Å². The molecule has 2 N–H and O–H groups in total. The Balaban J connectivity index is 2.10. The van der Waals surface area contributed by atoms with Gasteiger partial charge in [0.15, 0.2) is 0 Å². The number of hydrogen-bond acceptors (Lipinski definition) is 4. The van der Waals surface area contributed by atoms with Crippen molar-refractivity contribution in [2.45, 2.75) is 34.1 Å². The minimum Gasteiger partial charge on any atom is -0.350 e. The number of aromatic nitrogens is 2. The molecule has 0 radical (unpaired) electrons. The quantitative estimate of drug-likeness (QED) is 0.857. The molecule has 23 heavy (non-hydrogen) atoms. The van der Waals surface area contributed by atoms with Gasteiger partial charge in [-0.2, -0.15) is 0 Å². The standard InChI is InChI=1S/C18H24N4O/c1-5-14-8-6-7-13(4)17(14)22-16-11-19-15(10-20-16)18(23)21-9-12(2)3/h6-8,10-12H,5,9H2,1-4H3,(H,20,22)(H,21,23). The number of para-hydroxylation sites is 1. The molecule has 0 fully saturated rings. The van der Waals surface area contributed by atoms with Crippen molar-refractivity contribution >= 4 is 17.4 Å². The summed E-state index contributed by atoms with van der Waals surface area (Å²) >= 11 is 0. The van der Waals surface area contributed by atoms with E-state index in [1.54, 1.807) is 6.20 Å². The lowest BCUT2D eigenvalue weighted by Crippen LogP contribution is -2.28. The Morgan fingerprint density at radius 2 is 2.00 bits per heavy atom. The fourth-order valence-corrected chi connectivity index (χ4v) is 2.23. The monoisotopic (exact) mass is 312 g/mol. The molecule has 1 heterocycles. The molecule has 2 aromatic rings.